The van der Waals surface area contributed by atoms with Gasteiger partial charge in [0.2, 0.25) is 5.91 Å². The number of amides is 1. The lowest BCUT2D eigenvalue weighted by Gasteiger charge is -2.42. The molecule has 0 N–H and O–H groups in total. The van der Waals surface area contributed by atoms with Crippen molar-refractivity contribution in [3.8, 4) is 0 Å². The van der Waals surface area contributed by atoms with Gasteiger partial charge >= 0.3 is 0 Å². The van der Waals surface area contributed by atoms with Crippen molar-refractivity contribution in [2.45, 2.75) is 37.5 Å². The number of fused-ring (bicyclic) bond motifs is 1. The number of nitrogens with zero attached hydrogens (tertiary/aromatic N) is 2. The van der Waals surface area contributed by atoms with Crippen molar-refractivity contribution < 1.29 is 14.3 Å². The van der Waals surface area contributed by atoms with Crippen molar-refractivity contribution in [1.29, 1.82) is 0 Å². The molecule has 2 heterocycles. The van der Waals surface area contributed by atoms with E-state index in [4.69, 9.17) is 9.47 Å². The molecule has 2 saturated heterocycles. The van der Waals surface area contributed by atoms with E-state index in [-0.39, 0.29) is 18.2 Å². The maximum Gasteiger partial charge on any atom is 0.230 e. The number of ether oxygens (including phenoxy) is 2. The fraction of sp³-hybridized carbons (Fsp3) is 0.480. The van der Waals surface area contributed by atoms with Crippen molar-refractivity contribution in [2.24, 2.45) is 0 Å². The molecular formula is C25H30N2O3. The number of carbonyl (C=O) groups excluding carboxylic acids is 1. The Balaban J connectivity index is 1.10. The first kappa shape index (κ1) is 19.7. The maximum atomic E-state index is 13.1. The van der Waals surface area contributed by atoms with Crippen LogP contribution in [0, 0.1) is 0 Å². The zero-order valence-corrected chi connectivity index (χ0v) is 17.4. The molecule has 3 unspecified atom stereocenters. The highest BCUT2D eigenvalue weighted by atomic mass is 16.6. The Hall–Kier alpha value is -2.21. The van der Waals surface area contributed by atoms with Crippen LogP contribution in [0.2, 0.25) is 0 Å². The predicted octanol–water partition coefficient (Wildman–Crippen LogP) is 2.84. The fourth-order valence-corrected chi connectivity index (χ4v) is 5.00. The van der Waals surface area contributed by atoms with Gasteiger partial charge in [0.25, 0.3) is 0 Å². The predicted molar refractivity (Wildman–Crippen MR) is 115 cm³/mol. The van der Waals surface area contributed by atoms with Gasteiger partial charge in [-0.15, -0.1) is 0 Å². The lowest BCUT2D eigenvalue weighted by atomic mass is 9.99. The molecule has 3 atom stereocenters. The zero-order chi connectivity index (χ0) is 20.3. The standard InChI is InChI=1S/C25H30N2O3/c28-25(23-11-10-20-8-4-5-9-22(20)23)27-14-12-26(13-15-27)24-18-29-21(17-30-24)16-19-6-2-1-3-7-19/h1-9,21,23-24H,10-18H2. The van der Waals surface area contributed by atoms with E-state index in [2.05, 4.69) is 47.4 Å². The van der Waals surface area contributed by atoms with Crippen LogP contribution in [0.3, 0.4) is 0 Å². The Labute approximate surface area is 178 Å². The van der Waals surface area contributed by atoms with E-state index < -0.39 is 0 Å². The van der Waals surface area contributed by atoms with Gasteiger partial charge in [-0.05, 0) is 29.5 Å². The lowest BCUT2D eigenvalue weighted by molar-refractivity contribution is -0.190. The topological polar surface area (TPSA) is 42.0 Å². The minimum absolute atomic E-state index is 0.00137. The van der Waals surface area contributed by atoms with Crippen molar-refractivity contribution in [1.82, 2.24) is 9.80 Å². The summed E-state index contributed by atoms with van der Waals surface area (Å²) in [6.45, 7) is 4.45. The summed E-state index contributed by atoms with van der Waals surface area (Å²) >= 11 is 0. The summed E-state index contributed by atoms with van der Waals surface area (Å²) in [4.78, 5) is 17.5. The van der Waals surface area contributed by atoms with Gasteiger partial charge in [-0.1, -0.05) is 54.6 Å². The third kappa shape index (κ3) is 4.15. The second kappa shape index (κ2) is 8.88. The Morgan fingerprint density at radius 2 is 1.67 bits per heavy atom. The van der Waals surface area contributed by atoms with Crippen LogP contribution in [0.5, 0.6) is 0 Å². The molecule has 2 aromatic carbocycles. The smallest absolute Gasteiger partial charge is 0.230 e. The normalized spacial score (nSPS) is 27.1. The van der Waals surface area contributed by atoms with E-state index in [1.807, 2.05) is 17.0 Å². The molecule has 5 nitrogen and oxygen atoms in total. The Morgan fingerprint density at radius 3 is 2.43 bits per heavy atom. The van der Waals surface area contributed by atoms with Crippen molar-refractivity contribution >= 4 is 5.91 Å². The number of hydrogen-bond donors (Lipinski definition) is 0. The van der Waals surface area contributed by atoms with Crippen LogP contribution in [-0.4, -0.2) is 67.4 Å². The molecule has 0 bridgehead atoms. The summed E-state index contributed by atoms with van der Waals surface area (Å²) in [6, 6.07) is 18.8. The highest BCUT2D eigenvalue weighted by molar-refractivity contribution is 5.85. The summed E-state index contributed by atoms with van der Waals surface area (Å²) in [5.41, 5.74) is 3.86. The van der Waals surface area contributed by atoms with Gasteiger partial charge in [0.15, 0.2) is 0 Å². The van der Waals surface area contributed by atoms with Crippen LogP contribution in [-0.2, 0) is 27.1 Å². The quantitative estimate of drug-likeness (QED) is 0.783. The van der Waals surface area contributed by atoms with Gasteiger partial charge in [-0.3, -0.25) is 9.69 Å². The molecule has 0 saturated carbocycles. The number of aryl methyl sites for hydroxylation is 1. The molecule has 30 heavy (non-hydrogen) atoms. The fourth-order valence-electron chi connectivity index (χ4n) is 5.00. The summed E-state index contributed by atoms with van der Waals surface area (Å²) in [5.74, 6) is 0.337. The summed E-state index contributed by atoms with van der Waals surface area (Å²) in [6.07, 6.45) is 2.97. The monoisotopic (exact) mass is 406 g/mol. The van der Waals surface area contributed by atoms with E-state index in [9.17, 15) is 4.79 Å². The third-order valence-corrected chi connectivity index (χ3v) is 6.72. The molecule has 2 aromatic rings. The number of hydrogen-bond acceptors (Lipinski definition) is 4. The second-order valence-corrected chi connectivity index (χ2v) is 8.58. The van der Waals surface area contributed by atoms with Crippen LogP contribution in [0.1, 0.15) is 29.0 Å². The number of carbonyl (C=O) groups is 1. The minimum Gasteiger partial charge on any atom is -0.371 e. The van der Waals surface area contributed by atoms with Crippen LogP contribution < -0.4 is 0 Å². The Kier molecular flexibility index (Phi) is 5.84. The average molecular weight is 407 g/mol. The molecule has 1 amide bonds. The molecular weight excluding hydrogens is 376 g/mol. The summed E-state index contributed by atoms with van der Waals surface area (Å²) < 4.78 is 12.2. The molecule has 5 rings (SSSR count). The zero-order valence-electron chi connectivity index (χ0n) is 17.4. The maximum absolute atomic E-state index is 13.1. The first-order valence-electron chi connectivity index (χ1n) is 11.2. The molecule has 0 spiro atoms. The first-order valence-corrected chi connectivity index (χ1v) is 11.2. The van der Waals surface area contributed by atoms with Crippen LogP contribution in [0.4, 0.5) is 0 Å². The first-order chi connectivity index (χ1) is 14.8. The van der Waals surface area contributed by atoms with E-state index in [1.165, 1.54) is 16.7 Å². The molecule has 2 aliphatic heterocycles. The van der Waals surface area contributed by atoms with Crippen molar-refractivity contribution in [3.63, 3.8) is 0 Å². The van der Waals surface area contributed by atoms with Crippen LogP contribution in [0.15, 0.2) is 54.6 Å². The van der Waals surface area contributed by atoms with Crippen molar-refractivity contribution in [3.05, 3.63) is 71.3 Å². The molecule has 158 valence electrons. The molecule has 1 aliphatic carbocycles. The largest absolute Gasteiger partial charge is 0.371 e. The van der Waals surface area contributed by atoms with Gasteiger partial charge in [0.1, 0.15) is 6.23 Å². The highest BCUT2D eigenvalue weighted by Crippen LogP contribution is 2.34. The SMILES string of the molecule is O=C(C1CCc2ccccc21)N1CCN(C2COC(Cc3ccccc3)CO2)CC1. The average Bonchev–Trinajstić information content (AvgIpc) is 3.24. The Bertz CT molecular complexity index is 856. The molecule has 0 radical (unpaired) electrons. The van der Waals surface area contributed by atoms with E-state index in [0.29, 0.717) is 19.1 Å². The van der Waals surface area contributed by atoms with Crippen LogP contribution >= 0.6 is 0 Å². The van der Waals surface area contributed by atoms with Gasteiger partial charge in [-0.25, -0.2) is 0 Å². The van der Waals surface area contributed by atoms with Gasteiger partial charge in [0.05, 0.1) is 25.2 Å². The number of benzene rings is 2. The summed E-state index contributed by atoms with van der Waals surface area (Å²) in [5, 5.41) is 0. The van der Waals surface area contributed by atoms with Gasteiger partial charge in [0, 0.05) is 32.6 Å². The molecule has 2 fully saturated rings. The molecule has 3 aliphatic rings. The van der Waals surface area contributed by atoms with Crippen molar-refractivity contribution in [2.75, 3.05) is 39.4 Å². The minimum atomic E-state index is 0.00137. The van der Waals surface area contributed by atoms with Crippen LogP contribution in [0.25, 0.3) is 0 Å². The van der Waals surface area contributed by atoms with E-state index in [0.717, 1.165) is 45.4 Å². The third-order valence-electron chi connectivity index (χ3n) is 6.72. The molecule has 0 aromatic heterocycles. The second-order valence-electron chi connectivity index (χ2n) is 8.58. The van der Waals surface area contributed by atoms with Gasteiger partial charge < -0.3 is 14.4 Å². The Morgan fingerprint density at radius 1 is 0.900 bits per heavy atom. The number of piperazine rings is 1. The summed E-state index contributed by atoms with van der Waals surface area (Å²) in [7, 11) is 0. The lowest BCUT2D eigenvalue weighted by Crippen LogP contribution is -2.56. The van der Waals surface area contributed by atoms with Gasteiger partial charge in [-0.2, -0.15) is 0 Å². The van der Waals surface area contributed by atoms with E-state index in [1.54, 1.807) is 0 Å². The highest BCUT2D eigenvalue weighted by Gasteiger charge is 2.35. The van der Waals surface area contributed by atoms with E-state index >= 15 is 0 Å². The number of rotatable bonds is 4. The molecule has 5 heteroatoms.